The van der Waals surface area contributed by atoms with Gasteiger partial charge in [0, 0.05) is 28.2 Å². The molecule has 1 heterocycles. The van der Waals surface area contributed by atoms with Gasteiger partial charge in [0.2, 0.25) is 11.8 Å². The smallest absolute Gasteiger partial charge is 0.335 e. The van der Waals surface area contributed by atoms with E-state index in [0.717, 1.165) is 10.5 Å². The van der Waals surface area contributed by atoms with Crippen molar-refractivity contribution in [3.63, 3.8) is 0 Å². The third-order valence-electron chi connectivity index (χ3n) is 8.16. The second kappa shape index (κ2) is 8.48. The number of allylic oxidation sites excluding steroid dienone is 6. The molecule has 0 saturated carbocycles. The van der Waals surface area contributed by atoms with Gasteiger partial charge in [0.15, 0.2) is 11.6 Å². The minimum atomic E-state index is -1.17. The summed E-state index contributed by atoms with van der Waals surface area (Å²) in [6, 6.07) is 12.3. The molecule has 4 atom stereocenters. The summed E-state index contributed by atoms with van der Waals surface area (Å²) in [5.74, 6) is -5.37. The van der Waals surface area contributed by atoms with Gasteiger partial charge in [0.05, 0.1) is 23.1 Å². The molecule has 190 valence electrons. The second-order valence-corrected chi connectivity index (χ2v) is 10.2. The summed E-state index contributed by atoms with van der Waals surface area (Å²) < 4.78 is 0. The summed E-state index contributed by atoms with van der Waals surface area (Å²) in [5.41, 5.74) is 2.29. The molecule has 0 radical (unpaired) electrons. The number of nitrogens with zero attached hydrogens (tertiary/aromatic N) is 1. The summed E-state index contributed by atoms with van der Waals surface area (Å²) in [6.45, 7) is 1.59. The van der Waals surface area contributed by atoms with Crippen LogP contribution in [0.3, 0.4) is 0 Å². The van der Waals surface area contributed by atoms with E-state index in [1.54, 1.807) is 25.1 Å². The van der Waals surface area contributed by atoms with Crippen LogP contribution in [0.4, 0.5) is 5.69 Å². The summed E-state index contributed by atoms with van der Waals surface area (Å²) in [5, 5.41) is 20.2. The Labute approximate surface area is 217 Å². The van der Waals surface area contributed by atoms with E-state index in [1.807, 2.05) is 6.08 Å². The van der Waals surface area contributed by atoms with E-state index in [-0.39, 0.29) is 41.4 Å². The van der Waals surface area contributed by atoms with Crippen LogP contribution in [0.1, 0.15) is 41.6 Å². The number of carboxylic acids is 1. The van der Waals surface area contributed by atoms with Crippen LogP contribution in [0.2, 0.25) is 0 Å². The average molecular weight is 510 g/mol. The SMILES string of the molecule is CC1=CC(=O)C2=C(C1=O)[C@@H](c1ccccc1O)C1=CC[C@@H]3C(=O)N(c4cccc(C(=O)O)c4)C(=O)[C@@H]3[C@@H]1C2. The number of imide groups is 1. The summed E-state index contributed by atoms with van der Waals surface area (Å²) in [6.07, 6.45) is 3.56. The van der Waals surface area contributed by atoms with Gasteiger partial charge in [-0.1, -0.05) is 35.9 Å². The summed E-state index contributed by atoms with van der Waals surface area (Å²) >= 11 is 0. The maximum atomic E-state index is 13.9. The van der Waals surface area contributed by atoms with Gasteiger partial charge in [-0.2, -0.15) is 0 Å². The fraction of sp³-hybridized carbons (Fsp3) is 0.233. The monoisotopic (exact) mass is 509 g/mol. The lowest BCUT2D eigenvalue weighted by molar-refractivity contribution is -0.123. The maximum absolute atomic E-state index is 13.9. The van der Waals surface area contributed by atoms with E-state index in [0.29, 0.717) is 22.3 Å². The Bertz CT molecular complexity index is 1580. The predicted molar refractivity (Wildman–Crippen MR) is 135 cm³/mol. The van der Waals surface area contributed by atoms with E-state index >= 15 is 0 Å². The first-order valence-electron chi connectivity index (χ1n) is 12.4. The van der Waals surface area contributed by atoms with Crippen molar-refractivity contribution >= 4 is 35.0 Å². The number of aromatic hydroxyl groups is 1. The molecule has 1 saturated heterocycles. The van der Waals surface area contributed by atoms with Gasteiger partial charge in [-0.15, -0.1) is 0 Å². The molecule has 8 nitrogen and oxygen atoms in total. The number of amides is 2. The fourth-order valence-electron chi connectivity index (χ4n) is 6.48. The zero-order valence-corrected chi connectivity index (χ0v) is 20.4. The summed E-state index contributed by atoms with van der Waals surface area (Å²) in [7, 11) is 0. The number of anilines is 1. The predicted octanol–water partition coefficient (Wildman–Crippen LogP) is 3.72. The number of aromatic carboxylic acids is 1. The first kappa shape index (κ1) is 23.8. The zero-order chi connectivity index (χ0) is 26.9. The van der Waals surface area contributed by atoms with E-state index in [2.05, 4.69) is 0 Å². The molecular weight excluding hydrogens is 486 g/mol. The highest BCUT2D eigenvalue weighted by atomic mass is 16.4. The van der Waals surface area contributed by atoms with Gasteiger partial charge in [-0.25, -0.2) is 4.79 Å². The zero-order valence-electron chi connectivity index (χ0n) is 20.4. The van der Waals surface area contributed by atoms with Gasteiger partial charge in [0.25, 0.3) is 0 Å². The van der Waals surface area contributed by atoms with Crippen molar-refractivity contribution in [1.29, 1.82) is 0 Å². The van der Waals surface area contributed by atoms with Gasteiger partial charge < -0.3 is 10.2 Å². The third-order valence-corrected chi connectivity index (χ3v) is 8.16. The molecule has 2 aromatic rings. The van der Waals surface area contributed by atoms with Crippen LogP contribution in [-0.4, -0.2) is 39.6 Å². The highest BCUT2D eigenvalue weighted by Gasteiger charge is 2.56. The number of carbonyl (C=O) groups is 5. The van der Waals surface area contributed by atoms with Crippen LogP contribution in [-0.2, 0) is 19.2 Å². The number of benzene rings is 2. The Balaban J connectivity index is 1.48. The van der Waals surface area contributed by atoms with Gasteiger partial charge in [-0.05, 0) is 56.0 Å². The van der Waals surface area contributed by atoms with E-state index in [9.17, 15) is 34.2 Å². The van der Waals surface area contributed by atoms with Gasteiger partial charge in [0.1, 0.15) is 5.75 Å². The van der Waals surface area contributed by atoms with Crippen molar-refractivity contribution in [2.24, 2.45) is 17.8 Å². The van der Waals surface area contributed by atoms with Crippen molar-refractivity contribution in [2.45, 2.75) is 25.7 Å². The molecule has 0 unspecified atom stereocenters. The molecule has 1 aliphatic heterocycles. The highest BCUT2D eigenvalue weighted by Crippen LogP contribution is 2.56. The highest BCUT2D eigenvalue weighted by molar-refractivity contribution is 6.25. The van der Waals surface area contributed by atoms with Crippen LogP contribution in [0.25, 0.3) is 0 Å². The van der Waals surface area contributed by atoms with Crippen LogP contribution < -0.4 is 4.90 Å². The molecule has 4 aliphatic rings. The number of rotatable bonds is 3. The van der Waals surface area contributed by atoms with Crippen LogP contribution in [0.5, 0.6) is 5.75 Å². The number of carboxylic acid groups (broad SMARTS) is 1. The van der Waals surface area contributed by atoms with Crippen LogP contribution in [0.15, 0.2) is 83.0 Å². The first-order valence-corrected chi connectivity index (χ1v) is 12.4. The molecule has 2 amide bonds. The quantitative estimate of drug-likeness (QED) is 0.366. The number of fused-ring (bicyclic) bond motifs is 3. The van der Waals surface area contributed by atoms with Crippen LogP contribution >= 0.6 is 0 Å². The minimum absolute atomic E-state index is 0.0265. The Morgan fingerprint density at radius 1 is 0.974 bits per heavy atom. The number of ketones is 2. The van der Waals surface area contributed by atoms with Gasteiger partial charge in [-0.3, -0.25) is 24.1 Å². The van der Waals surface area contributed by atoms with E-state index in [1.165, 1.54) is 36.4 Å². The number of Topliss-reactive ketones (excluding diaryl/α,β-unsaturated/α-hetero) is 1. The molecule has 38 heavy (non-hydrogen) atoms. The molecule has 0 spiro atoms. The molecular formula is C30H23NO7. The van der Waals surface area contributed by atoms with Crippen molar-refractivity contribution in [2.75, 3.05) is 4.90 Å². The maximum Gasteiger partial charge on any atom is 0.335 e. The molecule has 6 rings (SSSR count). The van der Waals surface area contributed by atoms with Crippen molar-refractivity contribution in [3.05, 3.63) is 94.1 Å². The molecule has 1 fully saturated rings. The summed E-state index contributed by atoms with van der Waals surface area (Å²) in [4.78, 5) is 66.4. The number of carbonyl (C=O) groups excluding carboxylic acids is 4. The molecule has 0 aromatic heterocycles. The molecule has 2 N–H and O–H groups in total. The number of phenolic OH excluding ortho intramolecular Hbond substituents is 1. The molecule has 0 bridgehead atoms. The lowest BCUT2D eigenvalue weighted by Crippen LogP contribution is -2.39. The van der Waals surface area contributed by atoms with Gasteiger partial charge >= 0.3 is 5.97 Å². The Hall–Kier alpha value is -4.59. The topological polar surface area (TPSA) is 129 Å². The second-order valence-electron chi connectivity index (χ2n) is 10.2. The van der Waals surface area contributed by atoms with Crippen molar-refractivity contribution in [3.8, 4) is 5.75 Å². The lowest BCUT2D eigenvalue weighted by atomic mass is 9.59. The number of hydrogen-bond acceptors (Lipinski definition) is 6. The van der Waals surface area contributed by atoms with E-state index < -0.39 is 41.5 Å². The van der Waals surface area contributed by atoms with Crippen molar-refractivity contribution in [1.82, 2.24) is 0 Å². The number of hydrogen-bond donors (Lipinski definition) is 2. The Morgan fingerprint density at radius 2 is 1.74 bits per heavy atom. The van der Waals surface area contributed by atoms with Crippen LogP contribution in [0, 0.1) is 17.8 Å². The number of para-hydroxylation sites is 1. The molecule has 2 aromatic carbocycles. The standard InChI is InChI=1S/C30H23NO7/c1-14-11-23(33)21-13-20-17(24(26(21)27(14)34)18-7-2-3-8-22(18)32)9-10-19-25(20)29(36)31(28(19)35)16-6-4-5-15(12-16)30(37)38/h2-9,11-12,19-20,24-25,32H,10,13H2,1H3,(H,37,38)/t19-,20+,24+,25-/m0/s1. The minimum Gasteiger partial charge on any atom is -0.508 e. The first-order chi connectivity index (χ1) is 18.2. The Kier molecular flexibility index (Phi) is 5.31. The van der Waals surface area contributed by atoms with E-state index in [4.69, 9.17) is 0 Å². The average Bonchev–Trinajstić information content (AvgIpc) is 3.16. The fourth-order valence-corrected chi connectivity index (χ4v) is 6.48. The van der Waals surface area contributed by atoms with Crippen molar-refractivity contribution < 1.29 is 34.2 Å². The number of phenols is 1. The Morgan fingerprint density at radius 3 is 2.47 bits per heavy atom. The largest absolute Gasteiger partial charge is 0.508 e. The third kappa shape index (κ3) is 3.33. The molecule has 8 heteroatoms. The molecule has 3 aliphatic carbocycles. The normalized spacial score (nSPS) is 26.5. The lowest BCUT2D eigenvalue weighted by Gasteiger charge is -2.42.